The summed E-state index contributed by atoms with van der Waals surface area (Å²) < 4.78 is 43.9. The van der Waals surface area contributed by atoms with Crippen LogP contribution in [-0.2, 0) is 16.4 Å². The lowest BCUT2D eigenvalue weighted by Gasteiger charge is -2.17. The lowest BCUT2D eigenvalue weighted by Crippen LogP contribution is -2.28. The van der Waals surface area contributed by atoms with Crippen LogP contribution in [0.15, 0.2) is 42.5 Å². The molecule has 0 saturated heterocycles. The Labute approximate surface area is 147 Å². The summed E-state index contributed by atoms with van der Waals surface area (Å²) in [4.78, 5) is 12.6. The fourth-order valence-electron chi connectivity index (χ4n) is 2.75. The number of carbonyl (C=O) groups is 1. The maximum absolute atomic E-state index is 12.9. The van der Waals surface area contributed by atoms with E-state index in [4.69, 9.17) is 16.3 Å². The van der Waals surface area contributed by atoms with Crippen molar-refractivity contribution in [3.63, 3.8) is 0 Å². The third kappa shape index (κ3) is 3.44. The first-order valence-electron chi connectivity index (χ1n) is 7.59. The van der Waals surface area contributed by atoms with Gasteiger partial charge in [-0.05, 0) is 48.7 Å². The molecule has 132 valence electrons. The largest absolute Gasteiger partial charge is 0.497 e. The van der Waals surface area contributed by atoms with Gasteiger partial charge in [-0.25, -0.2) is 0 Å². The van der Waals surface area contributed by atoms with Gasteiger partial charge in [0.1, 0.15) is 5.75 Å². The molecule has 3 rings (SSSR count). The van der Waals surface area contributed by atoms with E-state index in [1.54, 1.807) is 31.4 Å². The Bertz CT molecular complexity index is 799. The van der Waals surface area contributed by atoms with Crippen molar-refractivity contribution in [2.75, 3.05) is 12.4 Å². The van der Waals surface area contributed by atoms with Crippen molar-refractivity contribution in [1.82, 2.24) is 0 Å². The maximum atomic E-state index is 12.9. The molecular formula is C18H15ClF3NO2. The number of nitrogens with one attached hydrogen (secondary N) is 1. The summed E-state index contributed by atoms with van der Waals surface area (Å²) in [7, 11) is 1.55. The number of alkyl halides is 3. The highest BCUT2D eigenvalue weighted by atomic mass is 35.5. The molecule has 1 amide bonds. The van der Waals surface area contributed by atoms with E-state index in [0.717, 1.165) is 17.7 Å². The molecule has 7 heteroatoms. The van der Waals surface area contributed by atoms with E-state index in [2.05, 4.69) is 5.32 Å². The van der Waals surface area contributed by atoms with Gasteiger partial charge >= 0.3 is 6.18 Å². The normalized spacial score (nSPS) is 15.6. The van der Waals surface area contributed by atoms with Crippen LogP contribution >= 0.6 is 11.6 Å². The standard InChI is InChI=1S/C18H15ClF3NO2/c1-25-13-5-2-11(3-6-13)17(8-9-17)16(24)23-12-4-7-15(19)14(10-12)18(20,21)22/h2-7,10H,8-9H2,1H3,(H,23,24). The number of rotatable bonds is 4. The van der Waals surface area contributed by atoms with Gasteiger partial charge in [-0.2, -0.15) is 13.2 Å². The number of hydrogen-bond acceptors (Lipinski definition) is 2. The molecule has 1 fully saturated rings. The molecule has 1 saturated carbocycles. The molecule has 0 spiro atoms. The number of methoxy groups -OCH3 is 1. The quantitative estimate of drug-likeness (QED) is 0.820. The lowest BCUT2D eigenvalue weighted by molar-refractivity contribution is -0.137. The van der Waals surface area contributed by atoms with Crippen LogP contribution in [-0.4, -0.2) is 13.0 Å². The highest BCUT2D eigenvalue weighted by Crippen LogP contribution is 2.49. The number of halogens is 4. The van der Waals surface area contributed by atoms with Crippen LogP contribution in [0.4, 0.5) is 18.9 Å². The summed E-state index contributed by atoms with van der Waals surface area (Å²) in [6.45, 7) is 0. The first kappa shape index (κ1) is 17.6. The molecule has 0 bridgehead atoms. The van der Waals surface area contributed by atoms with Gasteiger partial charge in [0.05, 0.1) is 23.1 Å². The highest BCUT2D eigenvalue weighted by molar-refractivity contribution is 6.31. The molecule has 0 radical (unpaired) electrons. The summed E-state index contributed by atoms with van der Waals surface area (Å²) in [5.41, 5.74) is -0.789. The molecule has 0 aliphatic heterocycles. The summed E-state index contributed by atoms with van der Waals surface area (Å²) >= 11 is 5.60. The van der Waals surface area contributed by atoms with Crippen molar-refractivity contribution >= 4 is 23.2 Å². The van der Waals surface area contributed by atoms with E-state index in [1.165, 1.54) is 6.07 Å². The van der Waals surface area contributed by atoms with E-state index in [-0.39, 0.29) is 11.6 Å². The number of carbonyl (C=O) groups excluding carboxylic acids is 1. The van der Waals surface area contributed by atoms with Crippen molar-refractivity contribution in [2.45, 2.75) is 24.4 Å². The molecule has 0 aromatic heterocycles. The monoisotopic (exact) mass is 369 g/mol. The third-order valence-electron chi connectivity index (χ3n) is 4.36. The minimum atomic E-state index is -4.58. The molecule has 2 aromatic carbocycles. The fraction of sp³-hybridized carbons (Fsp3) is 0.278. The topological polar surface area (TPSA) is 38.3 Å². The predicted octanol–water partition coefficient (Wildman–Crippen LogP) is 5.04. The summed E-state index contributed by atoms with van der Waals surface area (Å²) in [6, 6.07) is 10.5. The molecule has 1 aliphatic carbocycles. The third-order valence-corrected chi connectivity index (χ3v) is 4.69. The van der Waals surface area contributed by atoms with E-state index in [1.807, 2.05) is 0 Å². The number of anilines is 1. The molecule has 1 aliphatic rings. The predicted molar refractivity (Wildman–Crippen MR) is 89.0 cm³/mol. The SMILES string of the molecule is COc1ccc(C2(C(=O)Nc3ccc(Cl)c(C(F)(F)F)c3)CC2)cc1. The van der Waals surface area contributed by atoms with Crippen molar-refractivity contribution in [2.24, 2.45) is 0 Å². The molecule has 0 atom stereocenters. The Morgan fingerprint density at radius 2 is 1.80 bits per heavy atom. The van der Waals surface area contributed by atoms with Gasteiger partial charge < -0.3 is 10.1 Å². The Balaban J connectivity index is 1.82. The van der Waals surface area contributed by atoms with Gasteiger partial charge in [0.25, 0.3) is 0 Å². The van der Waals surface area contributed by atoms with Gasteiger partial charge in [-0.3, -0.25) is 4.79 Å². The fourth-order valence-corrected chi connectivity index (χ4v) is 2.98. The van der Waals surface area contributed by atoms with Crippen LogP contribution in [0.2, 0.25) is 5.02 Å². The first-order valence-corrected chi connectivity index (χ1v) is 7.97. The maximum Gasteiger partial charge on any atom is 0.417 e. The van der Waals surface area contributed by atoms with Crippen LogP contribution in [0.3, 0.4) is 0 Å². The van der Waals surface area contributed by atoms with E-state index in [9.17, 15) is 18.0 Å². The Morgan fingerprint density at radius 3 is 2.32 bits per heavy atom. The smallest absolute Gasteiger partial charge is 0.417 e. The highest BCUT2D eigenvalue weighted by Gasteiger charge is 2.51. The lowest BCUT2D eigenvalue weighted by atomic mass is 9.94. The number of hydrogen-bond donors (Lipinski definition) is 1. The van der Waals surface area contributed by atoms with Gasteiger partial charge in [0, 0.05) is 5.69 Å². The summed E-state index contributed by atoms with van der Waals surface area (Å²) in [6.07, 6.45) is -3.29. The summed E-state index contributed by atoms with van der Waals surface area (Å²) in [5.74, 6) is 0.348. The van der Waals surface area contributed by atoms with Gasteiger partial charge in [0.15, 0.2) is 0 Å². The molecular weight excluding hydrogens is 355 g/mol. The van der Waals surface area contributed by atoms with E-state index in [0.29, 0.717) is 18.6 Å². The molecule has 0 unspecified atom stereocenters. The van der Waals surface area contributed by atoms with E-state index >= 15 is 0 Å². The molecule has 25 heavy (non-hydrogen) atoms. The zero-order chi connectivity index (χ0) is 18.2. The first-order chi connectivity index (χ1) is 11.8. The van der Waals surface area contributed by atoms with Crippen LogP contribution in [0.25, 0.3) is 0 Å². The van der Waals surface area contributed by atoms with Gasteiger partial charge in [-0.1, -0.05) is 23.7 Å². The number of benzene rings is 2. The second-order valence-corrected chi connectivity index (χ2v) is 6.36. The average molecular weight is 370 g/mol. The average Bonchev–Trinajstić information content (AvgIpc) is 3.37. The Morgan fingerprint density at radius 1 is 1.16 bits per heavy atom. The van der Waals surface area contributed by atoms with Gasteiger partial charge in [0.2, 0.25) is 5.91 Å². The van der Waals surface area contributed by atoms with Gasteiger partial charge in [-0.15, -0.1) is 0 Å². The second-order valence-electron chi connectivity index (χ2n) is 5.96. The van der Waals surface area contributed by atoms with Crippen molar-refractivity contribution in [3.05, 3.63) is 58.6 Å². The zero-order valence-corrected chi connectivity index (χ0v) is 14.0. The van der Waals surface area contributed by atoms with Crippen LogP contribution < -0.4 is 10.1 Å². The number of ether oxygens (including phenoxy) is 1. The molecule has 1 N–H and O–H groups in total. The zero-order valence-electron chi connectivity index (χ0n) is 13.3. The summed E-state index contributed by atoms with van der Waals surface area (Å²) in [5, 5.41) is 2.18. The second kappa shape index (κ2) is 6.26. The molecule has 2 aromatic rings. The van der Waals surface area contributed by atoms with Crippen molar-refractivity contribution in [1.29, 1.82) is 0 Å². The number of amides is 1. The van der Waals surface area contributed by atoms with E-state index < -0.39 is 22.2 Å². The van der Waals surface area contributed by atoms with Crippen molar-refractivity contribution < 1.29 is 22.7 Å². The van der Waals surface area contributed by atoms with Crippen LogP contribution in [0, 0.1) is 0 Å². The van der Waals surface area contributed by atoms with Crippen LogP contribution in [0.5, 0.6) is 5.75 Å². The Hall–Kier alpha value is -2.21. The minimum absolute atomic E-state index is 0.0708. The van der Waals surface area contributed by atoms with Crippen molar-refractivity contribution in [3.8, 4) is 5.75 Å². The molecule has 3 nitrogen and oxygen atoms in total. The minimum Gasteiger partial charge on any atom is -0.497 e. The molecule has 0 heterocycles. The Kier molecular flexibility index (Phi) is 4.41. The van der Waals surface area contributed by atoms with Crippen LogP contribution in [0.1, 0.15) is 24.0 Å².